The van der Waals surface area contributed by atoms with Crippen LogP contribution in [0.1, 0.15) is 17.3 Å². The van der Waals surface area contributed by atoms with E-state index in [0.717, 1.165) is 12.1 Å². The predicted octanol–water partition coefficient (Wildman–Crippen LogP) is 3.69. The summed E-state index contributed by atoms with van der Waals surface area (Å²) in [5.74, 6) is -1.99. The molecule has 0 radical (unpaired) electrons. The number of hydrogen-bond donors (Lipinski definition) is 2. The lowest BCUT2D eigenvalue weighted by atomic mass is 10.2. The maximum atomic E-state index is 12.3. The molecular formula is C18H16Cl2F2N2O6S. The molecule has 0 aliphatic heterocycles. The molecule has 0 aliphatic carbocycles. The van der Waals surface area contributed by atoms with E-state index >= 15 is 0 Å². The normalized spacial score (nSPS) is 12.4. The zero-order valence-electron chi connectivity index (χ0n) is 16.0. The van der Waals surface area contributed by atoms with E-state index in [2.05, 4.69) is 14.8 Å². The van der Waals surface area contributed by atoms with Gasteiger partial charge in [-0.1, -0.05) is 23.2 Å². The molecule has 0 aliphatic rings. The molecular weight excluding hydrogens is 481 g/mol. The van der Waals surface area contributed by atoms with E-state index in [1.165, 1.54) is 38.2 Å². The van der Waals surface area contributed by atoms with E-state index in [4.69, 9.17) is 27.9 Å². The quantitative estimate of drug-likeness (QED) is 0.539. The van der Waals surface area contributed by atoms with Crippen LogP contribution in [0.3, 0.4) is 0 Å². The summed E-state index contributed by atoms with van der Waals surface area (Å²) in [7, 11) is -2.74. The highest BCUT2D eigenvalue weighted by molar-refractivity contribution is 7.89. The predicted molar refractivity (Wildman–Crippen MR) is 109 cm³/mol. The summed E-state index contributed by atoms with van der Waals surface area (Å²) in [4.78, 5) is 24.3. The highest BCUT2D eigenvalue weighted by Crippen LogP contribution is 2.29. The number of rotatable bonds is 8. The number of ether oxygens (including phenoxy) is 2. The van der Waals surface area contributed by atoms with Crippen molar-refractivity contribution in [2.45, 2.75) is 24.5 Å². The van der Waals surface area contributed by atoms with Gasteiger partial charge in [-0.25, -0.2) is 17.9 Å². The third-order valence-electron chi connectivity index (χ3n) is 3.79. The molecule has 2 rings (SSSR count). The summed E-state index contributed by atoms with van der Waals surface area (Å²) < 4.78 is 59.8. The molecule has 2 aromatic carbocycles. The molecule has 1 amide bonds. The molecule has 0 saturated carbocycles. The second-order valence-corrected chi connectivity index (χ2v) is 8.58. The van der Waals surface area contributed by atoms with Crippen LogP contribution in [0.5, 0.6) is 5.75 Å². The highest BCUT2D eigenvalue weighted by Gasteiger charge is 2.23. The van der Waals surface area contributed by atoms with Crippen molar-refractivity contribution in [1.29, 1.82) is 0 Å². The monoisotopic (exact) mass is 496 g/mol. The van der Waals surface area contributed by atoms with Gasteiger partial charge in [0.05, 0.1) is 15.6 Å². The maximum Gasteiger partial charge on any atom is 0.387 e. The number of amides is 1. The first-order chi connectivity index (χ1) is 14.4. The molecule has 1 unspecified atom stereocenters. The van der Waals surface area contributed by atoms with Crippen LogP contribution < -0.4 is 14.8 Å². The molecule has 0 bridgehead atoms. The molecule has 0 fully saturated rings. The topological polar surface area (TPSA) is 111 Å². The summed E-state index contributed by atoms with van der Waals surface area (Å²) >= 11 is 11.7. The minimum Gasteiger partial charge on any atom is -0.449 e. The van der Waals surface area contributed by atoms with Crippen LogP contribution in [0, 0.1) is 0 Å². The van der Waals surface area contributed by atoms with E-state index in [1.54, 1.807) is 0 Å². The number of hydrogen-bond acceptors (Lipinski definition) is 6. The Hall–Kier alpha value is -2.47. The average molecular weight is 497 g/mol. The van der Waals surface area contributed by atoms with Crippen LogP contribution in [0.15, 0.2) is 41.3 Å². The third-order valence-corrected chi connectivity index (χ3v) is 5.98. The lowest BCUT2D eigenvalue weighted by molar-refractivity contribution is -0.123. The summed E-state index contributed by atoms with van der Waals surface area (Å²) in [6.07, 6.45) is -1.29. The van der Waals surface area contributed by atoms with Crippen molar-refractivity contribution in [2.75, 3.05) is 12.4 Å². The fourth-order valence-electron chi connectivity index (χ4n) is 2.24. The lowest BCUT2D eigenvalue weighted by Gasteiger charge is -2.15. The molecule has 0 spiro atoms. The molecule has 13 heteroatoms. The Kier molecular flexibility index (Phi) is 8.18. The number of sulfonamides is 1. The van der Waals surface area contributed by atoms with Gasteiger partial charge in [0.15, 0.2) is 6.10 Å². The first-order valence-electron chi connectivity index (χ1n) is 8.44. The first-order valence-corrected chi connectivity index (χ1v) is 10.7. The lowest BCUT2D eigenvalue weighted by Crippen LogP contribution is -2.30. The minimum absolute atomic E-state index is 0.104. The van der Waals surface area contributed by atoms with Crippen molar-refractivity contribution in [1.82, 2.24) is 4.72 Å². The van der Waals surface area contributed by atoms with Gasteiger partial charge in [-0.2, -0.15) is 8.78 Å². The Labute approximate surface area is 186 Å². The van der Waals surface area contributed by atoms with Gasteiger partial charge in [0, 0.05) is 5.69 Å². The summed E-state index contributed by atoms with van der Waals surface area (Å²) in [6.45, 7) is -1.78. The maximum absolute atomic E-state index is 12.3. The van der Waals surface area contributed by atoms with E-state index in [9.17, 15) is 26.8 Å². The SMILES string of the molecule is CNS(=O)(=O)c1cc(C(=O)OC(C)C(=O)Nc2ccc(OC(F)F)c(Cl)c2)ccc1Cl. The standard InChI is InChI=1S/C18H16Cl2F2N2O6S/c1-9(16(25)24-11-4-6-14(13(20)8-11)30-18(21)22)29-17(26)10-3-5-12(19)15(7-10)31(27,28)23-2/h3-9,18,23H,1-2H3,(H,24,25). The van der Waals surface area contributed by atoms with Crippen LogP contribution in [-0.4, -0.2) is 40.1 Å². The van der Waals surface area contributed by atoms with Gasteiger partial charge in [-0.15, -0.1) is 0 Å². The van der Waals surface area contributed by atoms with E-state index in [1.807, 2.05) is 0 Å². The van der Waals surface area contributed by atoms with Crippen LogP contribution >= 0.6 is 23.2 Å². The van der Waals surface area contributed by atoms with Gasteiger partial charge in [0.25, 0.3) is 5.91 Å². The number of esters is 1. The second-order valence-electron chi connectivity index (χ2n) is 5.91. The van der Waals surface area contributed by atoms with Crippen molar-refractivity contribution in [2.24, 2.45) is 0 Å². The van der Waals surface area contributed by atoms with Gasteiger partial charge in [-0.3, -0.25) is 4.79 Å². The highest BCUT2D eigenvalue weighted by atomic mass is 35.5. The zero-order chi connectivity index (χ0) is 23.3. The molecule has 1 atom stereocenters. The number of carbonyl (C=O) groups excluding carboxylic acids is 2. The average Bonchev–Trinajstić information content (AvgIpc) is 2.69. The Morgan fingerprint density at radius 1 is 1.06 bits per heavy atom. The number of nitrogens with one attached hydrogen (secondary N) is 2. The van der Waals surface area contributed by atoms with E-state index in [-0.39, 0.29) is 31.9 Å². The first kappa shape index (κ1) is 24.8. The largest absolute Gasteiger partial charge is 0.449 e. The second kappa shape index (κ2) is 10.2. The fourth-order valence-corrected chi connectivity index (χ4v) is 3.72. The summed E-state index contributed by atoms with van der Waals surface area (Å²) in [6, 6.07) is 7.05. The minimum atomic E-state index is -3.92. The Balaban J connectivity index is 2.09. The summed E-state index contributed by atoms with van der Waals surface area (Å²) in [5.41, 5.74) is 0.00262. The van der Waals surface area contributed by atoms with Crippen LogP contribution in [0.4, 0.5) is 14.5 Å². The van der Waals surface area contributed by atoms with E-state index < -0.39 is 34.6 Å². The van der Waals surface area contributed by atoms with Crippen molar-refractivity contribution in [3.05, 3.63) is 52.0 Å². The molecule has 168 valence electrons. The Morgan fingerprint density at radius 2 is 1.74 bits per heavy atom. The molecule has 0 aromatic heterocycles. The molecule has 0 saturated heterocycles. The fraction of sp³-hybridized carbons (Fsp3) is 0.222. The smallest absolute Gasteiger partial charge is 0.387 e. The molecule has 2 N–H and O–H groups in total. The van der Waals surface area contributed by atoms with Crippen molar-refractivity contribution in [3.63, 3.8) is 0 Å². The van der Waals surface area contributed by atoms with E-state index in [0.29, 0.717) is 0 Å². The molecule has 8 nitrogen and oxygen atoms in total. The third kappa shape index (κ3) is 6.50. The van der Waals surface area contributed by atoms with Gasteiger partial charge in [0.2, 0.25) is 10.0 Å². The summed E-state index contributed by atoms with van der Waals surface area (Å²) in [5, 5.41) is 2.13. The molecule has 2 aromatic rings. The van der Waals surface area contributed by atoms with Crippen molar-refractivity contribution in [3.8, 4) is 5.75 Å². The molecule has 31 heavy (non-hydrogen) atoms. The van der Waals surface area contributed by atoms with Gasteiger partial charge in [-0.05, 0) is 50.4 Å². The van der Waals surface area contributed by atoms with Gasteiger partial charge in [0.1, 0.15) is 10.6 Å². The van der Waals surface area contributed by atoms with Gasteiger partial charge < -0.3 is 14.8 Å². The number of benzene rings is 2. The number of halogens is 4. The molecule has 0 heterocycles. The Morgan fingerprint density at radius 3 is 2.32 bits per heavy atom. The van der Waals surface area contributed by atoms with Crippen molar-refractivity contribution < 1.29 is 36.3 Å². The number of carbonyl (C=O) groups is 2. The Bertz CT molecular complexity index is 1100. The zero-order valence-corrected chi connectivity index (χ0v) is 18.3. The van der Waals surface area contributed by atoms with Crippen LogP contribution in [0.25, 0.3) is 0 Å². The van der Waals surface area contributed by atoms with Crippen LogP contribution in [0.2, 0.25) is 10.0 Å². The van der Waals surface area contributed by atoms with Crippen LogP contribution in [-0.2, 0) is 19.6 Å². The number of alkyl halides is 2. The van der Waals surface area contributed by atoms with Gasteiger partial charge >= 0.3 is 12.6 Å². The van der Waals surface area contributed by atoms with Crippen molar-refractivity contribution >= 4 is 50.8 Å². The number of anilines is 1.